The number of fused-ring (bicyclic) bond motifs is 1. The summed E-state index contributed by atoms with van der Waals surface area (Å²) in [5.41, 5.74) is 2.64. The molecule has 0 atom stereocenters. The van der Waals surface area contributed by atoms with Crippen LogP contribution < -0.4 is 10.2 Å². The van der Waals surface area contributed by atoms with Crippen molar-refractivity contribution in [2.24, 2.45) is 5.92 Å². The minimum absolute atomic E-state index is 0.210. The number of aromatic nitrogens is 4. The molecule has 0 spiro atoms. The average Bonchev–Trinajstić information content (AvgIpc) is 3.11. The van der Waals surface area contributed by atoms with Gasteiger partial charge in [0.05, 0.1) is 29.8 Å². The molecule has 0 unspecified atom stereocenters. The van der Waals surface area contributed by atoms with Gasteiger partial charge < -0.3 is 10.2 Å². The number of benzene rings is 1. The third kappa shape index (κ3) is 3.43. The summed E-state index contributed by atoms with van der Waals surface area (Å²) >= 11 is 1.14. The molecule has 128 valence electrons. The summed E-state index contributed by atoms with van der Waals surface area (Å²) in [6.45, 7) is 4.24. The second-order valence-electron chi connectivity index (χ2n) is 6.36. The van der Waals surface area contributed by atoms with Gasteiger partial charge in [0.25, 0.3) is 5.91 Å². The lowest BCUT2D eigenvalue weighted by Crippen LogP contribution is -2.34. The van der Waals surface area contributed by atoms with E-state index >= 15 is 0 Å². The summed E-state index contributed by atoms with van der Waals surface area (Å²) in [6, 6.07) is 5.27. The smallest absolute Gasteiger partial charge is 0.255 e. The van der Waals surface area contributed by atoms with E-state index < -0.39 is 0 Å². The van der Waals surface area contributed by atoms with Crippen molar-refractivity contribution in [1.82, 2.24) is 18.7 Å². The topological polar surface area (TPSA) is 83.9 Å². The fraction of sp³-hybridized carbons (Fsp3) is 0.353. The molecule has 3 aromatic rings. The fourth-order valence-corrected chi connectivity index (χ4v) is 3.40. The molecule has 0 radical (unpaired) electrons. The maximum absolute atomic E-state index is 12.4. The van der Waals surface area contributed by atoms with Crippen molar-refractivity contribution in [3.05, 3.63) is 36.2 Å². The number of nitrogens with one attached hydrogen (secondary N) is 1. The highest BCUT2D eigenvalue weighted by Crippen LogP contribution is 2.20. The number of piperidine rings is 1. The minimum Gasteiger partial charge on any atom is -0.341 e. The molecular weight excluding hydrogens is 336 g/mol. The van der Waals surface area contributed by atoms with Crippen LogP contribution in [0.25, 0.3) is 11.0 Å². The first-order chi connectivity index (χ1) is 12.2. The van der Waals surface area contributed by atoms with Gasteiger partial charge in [0.2, 0.25) is 5.95 Å². The first-order valence-corrected chi connectivity index (χ1v) is 9.03. The van der Waals surface area contributed by atoms with Crippen LogP contribution in [0.4, 0.5) is 11.6 Å². The van der Waals surface area contributed by atoms with Crippen molar-refractivity contribution in [2.45, 2.75) is 19.8 Å². The van der Waals surface area contributed by atoms with Gasteiger partial charge in [-0.15, -0.1) is 0 Å². The zero-order valence-electron chi connectivity index (χ0n) is 13.8. The normalized spacial score (nSPS) is 15.5. The van der Waals surface area contributed by atoms with Gasteiger partial charge in [-0.2, -0.15) is 8.75 Å². The predicted molar refractivity (Wildman–Crippen MR) is 98.0 cm³/mol. The zero-order chi connectivity index (χ0) is 17.2. The van der Waals surface area contributed by atoms with Gasteiger partial charge in [-0.05, 0) is 37.0 Å². The van der Waals surface area contributed by atoms with Gasteiger partial charge in [0, 0.05) is 18.7 Å². The van der Waals surface area contributed by atoms with Crippen LogP contribution in [0.1, 0.15) is 30.1 Å². The van der Waals surface area contributed by atoms with E-state index in [4.69, 9.17) is 0 Å². The van der Waals surface area contributed by atoms with Crippen LogP contribution in [0, 0.1) is 5.92 Å². The zero-order valence-corrected chi connectivity index (χ0v) is 14.7. The van der Waals surface area contributed by atoms with Crippen molar-refractivity contribution in [1.29, 1.82) is 0 Å². The van der Waals surface area contributed by atoms with Crippen molar-refractivity contribution in [2.75, 3.05) is 23.3 Å². The van der Waals surface area contributed by atoms with Gasteiger partial charge in [0.15, 0.2) is 0 Å². The quantitative estimate of drug-likeness (QED) is 0.778. The molecule has 1 aromatic carbocycles. The molecule has 1 N–H and O–H groups in total. The number of hydrogen-bond donors (Lipinski definition) is 1. The molecule has 0 saturated carbocycles. The molecule has 0 bridgehead atoms. The first kappa shape index (κ1) is 15.9. The van der Waals surface area contributed by atoms with Gasteiger partial charge in [-0.3, -0.25) is 4.79 Å². The molecule has 7 nitrogen and oxygen atoms in total. The number of amides is 1. The lowest BCUT2D eigenvalue weighted by atomic mass is 10.00. The SMILES string of the molecule is CC1CCN(c2ncc(NC(=O)c3ccc4nsnc4c3)cn2)CC1. The number of hydrogen-bond acceptors (Lipinski definition) is 7. The standard InChI is InChI=1S/C17H18N6OS/c1-11-4-6-23(7-5-11)17-18-9-13(10-19-17)20-16(24)12-2-3-14-15(8-12)22-25-21-14/h2-3,8-11H,4-7H2,1H3,(H,20,24). The number of carbonyl (C=O) groups excluding carboxylic acids is 1. The lowest BCUT2D eigenvalue weighted by molar-refractivity contribution is 0.102. The Morgan fingerprint density at radius 1 is 1.16 bits per heavy atom. The Bertz CT molecular complexity index is 886. The summed E-state index contributed by atoms with van der Waals surface area (Å²) in [5.74, 6) is 1.28. The fourth-order valence-electron chi connectivity index (χ4n) is 2.88. The maximum atomic E-state index is 12.4. The van der Waals surface area contributed by atoms with Crippen LogP contribution in [0.3, 0.4) is 0 Å². The van der Waals surface area contributed by atoms with Gasteiger partial charge in [-0.1, -0.05) is 6.92 Å². The summed E-state index contributed by atoms with van der Waals surface area (Å²) in [4.78, 5) is 23.4. The van der Waals surface area contributed by atoms with E-state index in [9.17, 15) is 4.79 Å². The summed E-state index contributed by atoms with van der Waals surface area (Å²) in [6.07, 6.45) is 5.63. The Hall–Kier alpha value is -2.61. The number of anilines is 2. The number of carbonyl (C=O) groups is 1. The van der Waals surface area contributed by atoms with Crippen molar-refractivity contribution in [3.63, 3.8) is 0 Å². The molecule has 8 heteroatoms. The average molecular weight is 354 g/mol. The van der Waals surface area contributed by atoms with Gasteiger partial charge >= 0.3 is 0 Å². The van der Waals surface area contributed by atoms with Crippen LogP contribution in [0.15, 0.2) is 30.6 Å². The number of nitrogens with zero attached hydrogens (tertiary/aromatic N) is 5. The Kier molecular flexibility index (Phi) is 4.27. The van der Waals surface area contributed by atoms with E-state index in [-0.39, 0.29) is 5.91 Å². The molecule has 2 aromatic heterocycles. The molecule has 25 heavy (non-hydrogen) atoms. The Labute approximate surface area is 149 Å². The molecule has 1 aliphatic rings. The monoisotopic (exact) mass is 354 g/mol. The predicted octanol–water partition coefficient (Wildman–Crippen LogP) is 2.97. The maximum Gasteiger partial charge on any atom is 0.255 e. The Morgan fingerprint density at radius 3 is 2.64 bits per heavy atom. The van der Waals surface area contributed by atoms with Gasteiger partial charge in [0.1, 0.15) is 11.0 Å². The Morgan fingerprint density at radius 2 is 1.88 bits per heavy atom. The molecule has 1 saturated heterocycles. The minimum atomic E-state index is -0.210. The van der Waals surface area contributed by atoms with E-state index in [2.05, 4.69) is 35.9 Å². The van der Waals surface area contributed by atoms with Crippen LogP contribution in [0.5, 0.6) is 0 Å². The van der Waals surface area contributed by atoms with Crippen LogP contribution >= 0.6 is 11.7 Å². The van der Waals surface area contributed by atoms with Crippen molar-refractivity contribution >= 4 is 40.3 Å². The van der Waals surface area contributed by atoms with E-state index in [0.29, 0.717) is 11.3 Å². The Balaban J connectivity index is 1.44. The third-order valence-electron chi connectivity index (χ3n) is 4.48. The third-order valence-corrected chi connectivity index (χ3v) is 5.04. The molecule has 1 amide bonds. The molecule has 1 fully saturated rings. The van der Waals surface area contributed by atoms with Crippen molar-refractivity contribution in [3.8, 4) is 0 Å². The highest BCUT2D eigenvalue weighted by molar-refractivity contribution is 7.00. The van der Waals surface area contributed by atoms with Crippen LogP contribution in [0.2, 0.25) is 0 Å². The summed E-state index contributed by atoms with van der Waals surface area (Å²) in [5, 5.41) is 2.83. The molecule has 3 heterocycles. The van der Waals surface area contributed by atoms with E-state index in [1.165, 1.54) is 0 Å². The lowest BCUT2D eigenvalue weighted by Gasteiger charge is -2.30. The largest absolute Gasteiger partial charge is 0.341 e. The van der Waals surface area contributed by atoms with E-state index in [1.807, 2.05) is 0 Å². The van der Waals surface area contributed by atoms with Crippen molar-refractivity contribution < 1.29 is 4.79 Å². The van der Waals surface area contributed by atoms with Crippen LogP contribution in [-0.2, 0) is 0 Å². The highest BCUT2D eigenvalue weighted by atomic mass is 32.1. The van der Waals surface area contributed by atoms with Gasteiger partial charge in [-0.25, -0.2) is 9.97 Å². The molecule has 0 aliphatic carbocycles. The number of rotatable bonds is 3. The summed E-state index contributed by atoms with van der Waals surface area (Å²) < 4.78 is 8.29. The van der Waals surface area contributed by atoms with E-state index in [0.717, 1.165) is 60.6 Å². The van der Waals surface area contributed by atoms with Crippen LogP contribution in [-0.4, -0.2) is 37.7 Å². The van der Waals surface area contributed by atoms with E-state index in [1.54, 1.807) is 30.6 Å². The highest BCUT2D eigenvalue weighted by Gasteiger charge is 2.18. The molecular formula is C17H18N6OS. The first-order valence-electron chi connectivity index (χ1n) is 8.30. The second-order valence-corrected chi connectivity index (χ2v) is 6.89. The molecule has 1 aliphatic heterocycles. The summed E-state index contributed by atoms with van der Waals surface area (Å²) in [7, 11) is 0. The second kappa shape index (κ2) is 6.72. The molecule has 4 rings (SSSR count).